The number of hydrogen-bond donors (Lipinski definition) is 1. The first-order valence-electron chi connectivity index (χ1n) is 13.8. The molecule has 5 aliphatic heterocycles. The monoisotopic (exact) mass is 530 g/mol. The van der Waals surface area contributed by atoms with Crippen molar-refractivity contribution >= 4 is 28.6 Å². The molecule has 0 aliphatic carbocycles. The molecular weight excluding hydrogens is 496 g/mol. The average Bonchev–Trinajstić information content (AvgIpc) is 3.59. The molecule has 204 valence electrons. The van der Waals surface area contributed by atoms with Crippen molar-refractivity contribution in [1.82, 2.24) is 44.5 Å². The molecule has 12 heteroatoms. The number of aromatic nitrogens is 7. The van der Waals surface area contributed by atoms with Gasteiger partial charge >= 0.3 is 0 Å². The van der Waals surface area contributed by atoms with Gasteiger partial charge in [0.05, 0.1) is 36.9 Å². The van der Waals surface area contributed by atoms with Crippen LogP contribution in [0, 0.1) is 0 Å². The fourth-order valence-electron chi connectivity index (χ4n) is 5.05. The minimum absolute atomic E-state index is 0.326. The largest absolute Gasteiger partial charge is 0.494 e. The Balaban J connectivity index is 1.18. The summed E-state index contributed by atoms with van der Waals surface area (Å²) in [5.41, 5.74) is 2.85. The number of ether oxygens (including phenoxy) is 1. The van der Waals surface area contributed by atoms with Crippen molar-refractivity contribution in [3.63, 3.8) is 0 Å². The molecule has 0 radical (unpaired) electrons. The molecule has 8 heterocycles. The van der Waals surface area contributed by atoms with E-state index in [1.165, 1.54) is 0 Å². The van der Waals surface area contributed by atoms with Gasteiger partial charge in [-0.2, -0.15) is 14.8 Å². The van der Waals surface area contributed by atoms with E-state index in [0.29, 0.717) is 42.3 Å². The zero-order valence-electron chi connectivity index (χ0n) is 22.1. The lowest BCUT2D eigenvalue weighted by atomic mass is 10.1. The third-order valence-corrected chi connectivity index (χ3v) is 7.32. The standard InChI is InChI=1S/C27H34N10O2/c38-23-4-1-2-10-34-11-13-35(14-12-34)15-16-36-20-21(18-29-36)30-27-28-19-25-26(31-27)37(33-32-25)22-6-8-24(9-7-22)39-17-3-5-23/h6-9,18-20H,1-5,10-17H2,(H,28,30,31). The van der Waals surface area contributed by atoms with Crippen LogP contribution >= 0.6 is 0 Å². The van der Waals surface area contributed by atoms with E-state index in [1.54, 1.807) is 17.1 Å². The second-order valence-electron chi connectivity index (χ2n) is 10.1. The van der Waals surface area contributed by atoms with E-state index in [-0.39, 0.29) is 0 Å². The summed E-state index contributed by atoms with van der Waals surface area (Å²) >= 11 is 0. The smallest absolute Gasteiger partial charge is 0.229 e. The summed E-state index contributed by atoms with van der Waals surface area (Å²) in [6, 6.07) is 7.62. The highest BCUT2D eigenvalue weighted by molar-refractivity contribution is 5.78. The molecule has 1 fully saturated rings. The maximum absolute atomic E-state index is 12.3. The molecule has 0 atom stereocenters. The molecule has 12 nitrogen and oxygen atoms in total. The van der Waals surface area contributed by atoms with Gasteiger partial charge in [-0.15, -0.1) is 5.10 Å². The normalized spacial score (nSPS) is 21.5. The molecule has 1 saturated heterocycles. The number of rotatable bonds is 0. The minimum Gasteiger partial charge on any atom is -0.494 e. The number of Topliss-reactive ketones (excluding diaryl/α,β-unsaturated/α-hetero) is 1. The summed E-state index contributed by atoms with van der Waals surface area (Å²) in [6.07, 6.45) is 9.41. The maximum Gasteiger partial charge on any atom is 0.229 e. The SMILES string of the molecule is O=C1CCCCN2CCN(CC2)CCn2cc(cn2)Nc2ncc3nnn(c3n2)-c2ccc(cc2)OCCC1. The minimum atomic E-state index is 0.326. The van der Waals surface area contributed by atoms with Crippen molar-refractivity contribution in [3.05, 3.63) is 42.9 Å². The predicted molar refractivity (Wildman–Crippen MR) is 146 cm³/mol. The third kappa shape index (κ3) is 6.40. The number of anilines is 2. The topological polar surface area (TPSA) is 119 Å². The van der Waals surface area contributed by atoms with E-state index < -0.39 is 0 Å². The number of carbonyl (C=O) groups excluding carboxylic acids is 1. The van der Waals surface area contributed by atoms with Crippen molar-refractivity contribution in [2.75, 3.05) is 51.2 Å². The van der Waals surface area contributed by atoms with Crippen molar-refractivity contribution in [2.24, 2.45) is 0 Å². The Morgan fingerprint density at radius 2 is 1.62 bits per heavy atom. The molecule has 9 rings (SSSR count). The molecular formula is C27H34N10O2. The highest BCUT2D eigenvalue weighted by Crippen LogP contribution is 2.20. The number of benzene rings is 1. The van der Waals surface area contributed by atoms with Crippen LogP contribution < -0.4 is 10.1 Å². The Kier molecular flexibility index (Phi) is 7.73. The van der Waals surface area contributed by atoms with Crippen LogP contribution in [-0.4, -0.2) is 96.2 Å². The highest BCUT2D eigenvalue weighted by Gasteiger charge is 2.17. The molecule has 8 bridgehead atoms. The maximum atomic E-state index is 12.3. The lowest BCUT2D eigenvalue weighted by molar-refractivity contribution is -0.119. The Hall–Kier alpha value is -3.90. The molecule has 39 heavy (non-hydrogen) atoms. The van der Waals surface area contributed by atoms with Crippen LogP contribution in [0.3, 0.4) is 0 Å². The van der Waals surface area contributed by atoms with Gasteiger partial charge in [-0.05, 0) is 50.1 Å². The van der Waals surface area contributed by atoms with Crippen LogP contribution in [0.25, 0.3) is 16.9 Å². The lowest BCUT2D eigenvalue weighted by Gasteiger charge is -2.34. The molecule has 0 spiro atoms. The van der Waals surface area contributed by atoms with Gasteiger partial charge in [-0.1, -0.05) is 5.21 Å². The van der Waals surface area contributed by atoms with E-state index in [0.717, 1.165) is 82.2 Å². The zero-order chi connectivity index (χ0) is 26.4. The van der Waals surface area contributed by atoms with E-state index in [2.05, 4.69) is 40.5 Å². The number of piperazine rings is 1. The highest BCUT2D eigenvalue weighted by atomic mass is 16.5. The number of nitrogens with zero attached hydrogens (tertiary/aromatic N) is 9. The Morgan fingerprint density at radius 3 is 2.46 bits per heavy atom. The van der Waals surface area contributed by atoms with E-state index in [4.69, 9.17) is 4.74 Å². The van der Waals surface area contributed by atoms with Gasteiger partial charge in [-0.25, -0.2) is 4.98 Å². The second kappa shape index (κ2) is 11.9. The quantitative estimate of drug-likeness (QED) is 0.363. The molecule has 0 unspecified atom stereocenters. The fraction of sp³-hybridized carbons (Fsp3) is 0.481. The zero-order valence-corrected chi connectivity index (χ0v) is 22.1. The van der Waals surface area contributed by atoms with Gasteiger partial charge in [0.15, 0.2) is 11.2 Å². The molecule has 3 aromatic heterocycles. The number of ketones is 1. The summed E-state index contributed by atoms with van der Waals surface area (Å²) in [5, 5.41) is 16.3. The molecule has 1 N–H and O–H groups in total. The van der Waals surface area contributed by atoms with E-state index >= 15 is 0 Å². The van der Waals surface area contributed by atoms with Crippen LogP contribution in [0.15, 0.2) is 42.9 Å². The summed E-state index contributed by atoms with van der Waals surface area (Å²) in [6.45, 7) is 7.62. The number of carbonyl (C=O) groups is 1. The lowest BCUT2D eigenvalue weighted by Crippen LogP contribution is -2.47. The molecule has 0 saturated carbocycles. The predicted octanol–water partition coefficient (Wildman–Crippen LogP) is 2.68. The van der Waals surface area contributed by atoms with Crippen LogP contribution in [0.5, 0.6) is 5.75 Å². The van der Waals surface area contributed by atoms with Crippen molar-refractivity contribution in [1.29, 1.82) is 0 Å². The van der Waals surface area contributed by atoms with E-state index in [1.807, 2.05) is 35.1 Å². The van der Waals surface area contributed by atoms with Crippen molar-refractivity contribution < 1.29 is 9.53 Å². The van der Waals surface area contributed by atoms with Crippen LogP contribution in [0.4, 0.5) is 11.6 Å². The summed E-state index contributed by atoms with van der Waals surface area (Å²) < 4.78 is 9.50. The summed E-state index contributed by atoms with van der Waals surface area (Å²) in [5.74, 6) is 1.53. The Labute approximate surface area is 227 Å². The Morgan fingerprint density at radius 1 is 0.846 bits per heavy atom. The van der Waals surface area contributed by atoms with Crippen LogP contribution in [-0.2, 0) is 11.3 Å². The molecule has 5 aliphatic rings. The Bertz CT molecular complexity index is 1390. The van der Waals surface area contributed by atoms with Crippen LogP contribution in [0.1, 0.15) is 32.1 Å². The van der Waals surface area contributed by atoms with Gasteiger partial charge in [0.1, 0.15) is 11.5 Å². The molecule has 0 amide bonds. The van der Waals surface area contributed by atoms with Gasteiger partial charge < -0.3 is 15.0 Å². The third-order valence-electron chi connectivity index (χ3n) is 7.32. The van der Waals surface area contributed by atoms with Gasteiger partial charge in [0.2, 0.25) is 5.95 Å². The van der Waals surface area contributed by atoms with Crippen molar-refractivity contribution in [2.45, 2.75) is 38.6 Å². The van der Waals surface area contributed by atoms with Gasteiger partial charge in [-0.3, -0.25) is 14.4 Å². The first-order chi connectivity index (χ1) is 19.2. The first-order valence-corrected chi connectivity index (χ1v) is 13.8. The summed E-state index contributed by atoms with van der Waals surface area (Å²) in [7, 11) is 0. The molecule has 4 aromatic rings. The van der Waals surface area contributed by atoms with E-state index in [9.17, 15) is 4.79 Å². The van der Waals surface area contributed by atoms with Gasteiger partial charge in [0, 0.05) is 51.8 Å². The molecule has 1 aromatic carbocycles. The number of hydrogen-bond acceptors (Lipinski definition) is 10. The first kappa shape index (κ1) is 25.4. The van der Waals surface area contributed by atoms with Gasteiger partial charge in [0.25, 0.3) is 0 Å². The average molecular weight is 531 g/mol. The van der Waals surface area contributed by atoms with Crippen LogP contribution in [0.2, 0.25) is 0 Å². The number of nitrogens with one attached hydrogen (secondary N) is 1. The van der Waals surface area contributed by atoms with Crippen molar-refractivity contribution in [3.8, 4) is 11.4 Å². The summed E-state index contributed by atoms with van der Waals surface area (Å²) in [4.78, 5) is 26.4. The second-order valence-corrected chi connectivity index (χ2v) is 10.1. The fourth-order valence-corrected chi connectivity index (χ4v) is 5.05.